The van der Waals surface area contributed by atoms with Gasteiger partial charge in [-0.2, -0.15) is 0 Å². The van der Waals surface area contributed by atoms with Crippen molar-refractivity contribution >= 4 is 6.09 Å². The molecular formula is C18H30N2O2. The van der Waals surface area contributed by atoms with Gasteiger partial charge in [-0.3, -0.25) is 0 Å². The van der Waals surface area contributed by atoms with Crippen molar-refractivity contribution in [2.24, 2.45) is 5.73 Å². The van der Waals surface area contributed by atoms with Gasteiger partial charge >= 0.3 is 6.09 Å². The largest absolute Gasteiger partial charge is 0.444 e. The molecule has 0 aliphatic carbocycles. The first-order chi connectivity index (χ1) is 9.98. The van der Waals surface area contributed by atoms with Crippen molar-refractivity contribution in [3.8, 4) is 0 Å². The van der Waals surface area contributed by atoms with Crippen LogP contribution in [0.25, 0.3) is 0 Å². The maximum atomic E-state index is 11.9. The molecule has 0 bridgehead atoms. The Balaban J connectivity index is 2.96. The predicted molar refractivity (Wildman–Crippen MR) is 91.3 cm³/mol. The van der Waals surface area contributed by atoms with E-state index >= 15 is 0 Å². The quantitative estimate of drug-likeness (QED) is 0.896. The maximum absolute atomic E-state index is 11.9. The highest BCUT2D eigenvalue weighted by atomic mass is 16.6. The molecule has 1 unspecified atom stereocenters. The highest BCUT2D eigenvalue weighted by Crippen LogP contribution is 2.29. The minimum atomic E-state index is -0.501. The second-order valence-corrected chi connectivity index (χ2v) is 7.39. The molecule has 124 valence electrons. The van der Waals surface area contributed by atoms with Crippen LogP contribution in [0.5, 0.6) is 0 Å². The third-order valence-corrected chi connectivity index (χ3v) is 3.75. The summed E-state index contributed by atoms with van der Waals surface area (Å²) in [5.74, 6) is 0. The van der Waals surface area contributed by atoms with Crippen LogP contribution in [0.4, 0.5) is 4.79 Å². The van der Waals surface area contributed by atoms with Crippen LogP contribution in [0.15, 0.2) is 12.1 Å². The van der Waals surface area contributed by atoms with E-state index in [1.54, 1.807) is 0 Å². The summed E-state index contributed by atoms with van der Waals surface area (Å²) in [7, 11) is 0. The van der Waals surface area contributed by atoms with E-state index in [9.17, 15) is 4.79 Å². The Hall–Kier alpha value is -1.55. The number of nitrogens with one attached hydrogen (secondary N) is 1. The first-order valence-corrected chi connectivity index (χ1v) is 7.74. The molecule has 0 heterocycles. The highest BCUT2D eigenvalue weighted by Gasteiger charge is 2.30. The van der Waals surface area contributed by atoms with Gasteiger partial charge in [0.2, 0.25) is 0 Å². The number of benzene rings is 1. The summed E-state index contributed by atoms with van der Waals surface area (Å²) < 4.78 is 5.30. The third-order valence-electron chi connectivity index (χ3n) is 3.75. The van der Waals surface area contributed by atoms with Crippen molar-refractivity contribution in [3.63, 3.8) is 0 Å². The van der Waals surface area contributed by atoms with Gasteiger partial charge in [-0.05, 0) is 58.2 Å². The molecule has 1 aromatic rings. The van der Waals surface area contributed by atoms with Crippen molar-refractivity contribution in [1.82, 2.24) is 5.32 Å². The molecule has 3 N–H and O–H groups in total. The van der Waals surface area contributed by atoms with E-state index in [0.29, 0.717) is 13.1 Å². The monoisotopic (exact) mass is 306 g/mol. The summed E-state index contributed by atoms with van der Waals surface area (Å²) in [4.78, 5) is 11.9. The summed E-state index contributed by atoms with van der Waals surface area (Å²) in [6.45, 7) is 14.8. The number of nitrogens with two attached hydrogens (primary N) is 1. The van der Waals surface area contributed by atoms with Gasteiger partial charge in [0.1, 0.15) is 5.60 Å². The lowest BCUT2D eigenvalue weighted by Gasteiger charge is -2.33. The average Bonchev–Trinajstić information content (AvgIpc) is 2.33. The third kappa shape index (κ3) is 4.73. The number of alkyl carbamates (subject to hydrolysis) is 1. The van der Waals surface area contributed by atoms with Crippen LogP contribution in [0.1, 0.15) is 49.9 Å². The normalized spacial score (nSPS) is 14.4. The number of amides is 1. The van der Waals surface area contributed by atoms with E-state index in [1.807, 2.05) is 20.8 Å². The van der Waals surface area contributed by atoms with Crippen LogP contribution < -0.4 is 11.1 Å². The zero-order valence-corrected chi connectivity index (χ0v) is 15.0. The molecule has 0 spiro atoms. The van der Waals surface area contributed by atoms with Crippen molar-refractivity contribution in [3.05, 3.63) is 34.4 Å². The summed E-state index contributed by atoms with van der Waals surface area (Å²) in [6, 6.07) is 4.31. The Kier molecular flexibility index (Phi) is 5.63. The smallest absolute Gasteiger partial charge is 0.407 e. The standard InChI is InChI=1S/C18H30N2O2/c1-12-8-13(2)15(14(3)9-12)18(7,10-19)11-20-16(21)22-17(4,5)6/h8-9H,10-11,19H2,1-7H3,(H,20,21). The number of hydrogen-bond acceptors (Lipinski definition) is 3. The number of rotatable bonds is 4. The lowest BCUT2D eigenvalue weighted by Crippen LogP contribution is -2.46. The van der Waals surface area contributed by atoms with E-state index in [0.717, 1.165) is 0 Å². The molecule has 1 aromatic carbocycles. The fraction of sp³-hybridized carbons (Fsp3) is 0.611. The Morgan fingerprint density at radius 2 is 1.64 bits per heavy atom. The summed E-state index contributed by atoms with van der Waals surface area (Å²) in [5.41, 5.74) is 10.1. The lowest BCUT2D eigenvalue weighted by molar-refractivity contribution is 0.0516. The molecule has 1 atom stereocenters. The molecule has 0 aliphatic heterocycles. The molecule has 0 saturated carbocycles. The molecule has 0 aliphatic rings. The van der Waals surface area contributed by atoms with Gasteiger partial charge in [-0.25, -0.2) is 4.79 Å². The SMILES string of the molecule is Cc1cc(C)c(C(C)(CN)CNC(=O)OC(C)(C)C)c(C)c1. The number of hydrogen-bond donors (Lipinski definition) is 2. The molecule has 1 rings (SSSR count). The first kappa shape index (κ1) is 18.5. The van der Waals surface area contributed by atoms with Gasteiger partial charge in [0.05, 0.1) is 0 Å². The van der Waals surface area contributed by atoms with Gasteiger partial charge in [-0.15, -0.1) is 0 Å². The first-order valence-electron chi connectivity index (χ1n) is 7.74. The fourth-order valence-corrected chi connectivity index (χ4v) is 2.98. The van der Waals surface area contributed by atoms with E-state index < -0.39 is 11.7 Å². The van der Waals surface area contributed by atoms with Crippen molar-refractivity contribution < 1.29 is 9.53 Å². The molecule has 4 heteroatoms. The van der Waals surface area contributed by atoms with Gasteiger partial charge in [0.25, 0.3) is 0 Å². The van der Waals surface area contributed by atoms with Crippen LogP contribution in [0.2, 0.25) is 0 Å². The Morgan fingerprint density at radius 1 is 1.14 bits per heavy atom. The van der Waals surface area contributed by atoms with Gasteiger partial charge in [0, 0.05) is 18.5 Å². The highest BCUT2D eigenvalue weighted by molar-refractivity contribution is 5.68. The molecule has 4 nitrogen and oxygen atoms in total. The molecule has 0 radical (unpaired) electrons. The minimum Gasteiger partial charge on any atom is -0.444 e. The Morgan fingerprint density at radius 3 is 2.05 bits per heavy atom. The second-order valence-electron chi connectivity index (χ2n) is 7.39. The van der Waals surface area contributed by atoms with Gasteiger partial charge < -0.3 is 15.8 Å². The topological polar surface area (TPSA) is 64.3 Å². The fourth-order valence-electron chi connectivity index (χ4n) is 2.98. The average molecular weight is 306 g/mol. The predicted octanol–water partition coefficient (Wildman–Crippen LogP) is 3.35. The number of aryl methyl sites for hydroxylation is 3. The second kappa shape index (κ2) is 6.69. The maximum Gasteiger partial charge on any atom is 0.407 e. The summed E-state index contributed by atoms with van der Waals surface area (Å²) in [6.07, 6.45) is -0.408. The molecule has 0 saturated heterocycles. The van der Waals surface area contributed by atoms with Crippen LogP contribution in [0, 0.1) is 20.8 Å². The molecule has 1 amide bonds. The molecule has 22 heavy (non-hydrogen) atoms. The number of ether oxygens (including phenoxy) is 1. The number of carbonyl (C=O) groups excluding carboxylic acids is 1. The molecule has 0 aromatic heterocycles. The van der Waals surface area contributed by atoms with Crippen LogP contribution in [-0.2, 0) is 10.2 Å². The lowest BCUT2D eigenvalue weighted by atomic mass is 9.77. The van der Waals surface area contributed by atoms with Gasteiger partial charge in [0.15, 0.2) is 0 Å². The van der Waals surface area contributed by atoms with E-state index in [4.69, 9.17) is 10.5 Å². The van der Waals surface area contributed by atoms with Crippen LogP contribution in [0.3, 0.4) is 0 Å². The van der Waals surface area contributed by atoms with Crippen LogP contribution in [-0.4, -0.2) is 24.8 Å². The zero-order valence-electron chi connectivity index (χ0n) is 15.0. The van der Waals surface area contributed by atoms with E-state index in [1.165, 1.54) is 22.3 Å². The summed E-state index contributed by atoms with van der Waals surface area (Å²) in [5, 5.41) is 2.86. The zero-order chi connectivity index (χ0) is 17.1. The van der Waals surface area contributed by atoms with Crippen LogP contribution >= 0.6 is 0 Å². The number of carbonyl (C=O) groups is 1. The van der Waals surface area contributed by atoms with Crippen molar-refractivity contribution in [2.75, 3.05) is 13.1 Å². The van der Waals surface area contributed by atoms with Crippen molar-refractivity contribution in [1.29, 1.82) is 0 Å². The van der Waals surface area contributed by atoms with Crippen molar-refractivity contribution in [2.45, 2.75) is 59.5 Å². The molecular weight excluding hydrogens is 276 g/mol. The van der Waals surface area contributed by atoms with Gasteiger partial charge in [-0.1, -0.05) is 24.6 Å². The Labute approximate surface area is 134 Å². The molecule has 0 fully saturated rings. The minimum absolute atomic E-state index is 0.321. The Bertz CT molecular complexity index is 524. The van der Waals surface area contributed by atoms with E-state index in [2.05, 4.69) is 45.1 Å². The van der Waals surface area contributed by atoms with E-state index in [-0.39, 0.29) is 5.41 Å². The summed E-state index contributed by atoms with van der Waals surface area (Å²) >= 11 is 0.